The number of nitrogens with one attached hydrogen (secondary N) is 2. The minimum Gasteiger partial charge on any atom is -0.370 e. The Kier molecular flexibility index (Phi) is 5.43. The molecule has 0 atom stereocenters. The maximum absolute atomic E-state index is 13.3. The lowest BCUT2D eigenvalue weighted by Gasteiger charge is -2.06. The van der Waals surface area contributed by atoms with E-state index >= 15 is 0 Å². The molecule has 0 aliphatic heterocycles. The van der Waals surface area contributed by atoms with E-state index in [1.807, 2.05) is 24.5 Å². The third-order valence-corrected chi connectivity index (χ3v) is 4.23. The lowest BCUT2D eigenvalue weighted by Crippen LogP contribution is -2.03. The molecule has 0 radical (unpaired) electrons. The van der Waals surface area contributed by atoms with Crippen LogP contribution in [0, 0.1) is 5.82 Å². The number of benzene rings is 1. The van der Waals surface area contributed by atoms with Gasteiger partial charge in [-0.2, -0.15) is 0 Å². The van der Waals surface area contributed by atoms with Crippen molar-refractivity contribution in [2.24, 2.45) is 0 Å². The van der Waals surface area contributed by atoms with Crippen LogP contribution in [0.25, 0.3) is 22.0 Å². The number of ketones is 1. The molecule has 0 fully saturated rings. The first-order chi connectivity index (χ1) is 12.1. The average molecular weight is 339 g/mol. The molecule has 25 heavy (non-hydrogen) atoms. The molecule has 2 aromatic heterocycles. The van der Waals surface area contributed by atoms with Gasteiger partial charge in [0, 0.05) is 47.4 Å². The van der Waals surface area contributed by atoms with Gasteiger partial charge in [0.25, 0.3) is 0 Å². The average Bonchev–Trinajstić information content (AvgIpc) is 3.01. The normalized spacial score (nSPS) is 11.0. The molecule has 5 heteroatoms. The molecule has 3 aromatic rings. The highest BCUT2D eigenvalue weighted by Gasteiger charge is 2.07. The highest BCUT2D eigenvalue weighted by atomic mass is 19.1. The quantitative estimate of drug-likeness (QED) is 0.572. The molecule has 0 unspecified atom stereocenters. The summed E-state index contributed by atoms with van der Waals surface area (Å²) in [4.78, 5) is 18.4. The second-order valence-corrected chi connectivity index (χ2v) is 6.26. The van der Waals surface area contributed by atoms with Crippen molar-refractivity contribution in [3.63, 3.8) is 0 Å². The van der Waals surface area contributed by atoms with Crippen molar-refractivity contribution in [1.82, 2.24) is 9.97 Å². The van der Waals surface area contributed by atoms with E-state index in [9.17, 15) is 9.18 Å². The first-order valence-corrected chi connectivity index (χ1v) is 8.60. The number of hydrogen-bond acceptors (Lipinski definition) is 3. The van der Waals surface area contributed by atoms with Crippen LogP contribution < -0.4 is 5.32 Å². The number of fused-ring (bicyclic) bond motifs is 1. The third-order valence-electron chi connectivity index (χ3n) is 4.23. The molecule has 0 saturated heterocycles. The largest absolute Gasteiger partial charge is 0.370 e. The zero-order valence-corrected chi connectivity index (χ0v) is 14.3. The summed E-state index contributed by atoms with van der Waals surface area (Å²) < 4.78 is 13.3. The number of carbonyl (C=O) groups is 1. The number of Topliss-reactive ketones (excluding diaryl/α,β-unsaturated/α-hetero) is 1. The minimum absolute atomic E-state index is 0.248. The zero-order chi connectivity index (χ0) is 17.6. The molecule has 130 valence electrons. The fraction of sp³-hybridized carbons (Fsp3) is 0.300. The predicted molar refractivity (Wildman–Crippen MR) is 99.1 cm³/mol. The molecule has 0 amide bonds. The van der Waals surface area contributed by atoms with E-state index in [0.717, 1.165) is 53.7 Å². The molecule has 0 aliphatic carbocycles. The van der Waals surface area contributed by atoms with Crippen molar-refractivity contribution in [2.75, 3.05) is 11.9 Å². The number of unbranched alkanes of at least 4 members (excludes halogenated alkanes) is 2. The number of hydrogen-bond donors (Lipinski definition) is 2. The zero-order valence-electron chi connectivity index (χ0n) is 14.3. The van der Waals surface area contributed by atoms with Gasteiger partial charge in [-0.05, 0) is 50.1 Å². The molecule has 0 spiro atoms. The van der Waals surface area contributed by atoms with Crippen LogP contribution in [0.2, 0.25) is 0 Å². The second kappa shape index (κ2) is 7.92. The van der Waals surface area contributed by atoms with Crippen molar-refractivity contribution in [1.29, 1.82) is 0 Å². The molecular formula is C20H22FN3O. The van der Waals surface area contributed by atoms with Gasteiger partial charge < -0.3 is 15.1 Å². The maximum Gasteiger partial charge on any atom is 0.129 e. The Morgan fingerprint density at radius 3 is 2.84 bits per heavy atom. The van der Waals surface area contributed by atoms with Gasteiger partial charge in [0.1, 0.15) is 17.4 Å². The fourth-order valence-electron chi connectivity index (χ4n) is 2.89. The third kappa shape index (κ3) is 4.44. The molecule has 1 aromatic carbocycles. The predicted octanol–water partition coefficient (Wildman–Crippen LogP) is 4.93. The van der Waals surface area contributed by atoms with Crippen molar-refractivity contribution >= 4 is 22.5 Å². The van der Waals surface area contributed by atoms with Crippen LogP contribution in [-0.2, 0) is 4.79 Å². The van der Waals surface area contributed by atoms with Crippen molar-refractivity contribution in [3.05, 3.63) is 48.5 Å². The van der Waals surface area contributed by atoms with E-state index in [4.69, 9.17) is 0 Å². The van der Waals surface area contributed by atoms with Crippen LogP contribution in [-0.4, -0.2) is 22.3 Å². The van der Waals surface area contributed by atoms with Crippen LogP contribution in [0.3, 0.4) is 0 Å². The Hall–Kier alpha value is -2.69. The topological polar surface area (TPSA) is 57.8 Å². The Morgan fingerprint density at radius 1 is 1.20 bits per heavy atom. The van der Waals surface area contributed by atoms with Gasteiger partial charge in [0.2, 0.25) is 0 Å². The Bertz CT molecular complexity index is 855. The van der Waals surface area contributed by atoms with Gasteiger partial charge in [-0.15, -0.1) is 0 Å². The minimum atomic E-state index is -0.248. The van der Waals surface area contributed by atoms with Crippen LogP contribution >= 0.6 is 0 Å². The number of aromatic nitrogens is 2. The summed E-state index contributed by atoms with van der Waals surface area (Å²) in [5.74, 6) is 0.841. The van der Waals surface area contributed by atoms with Crippen molar-refractivity contribution in [2.45, 2.75) is 32.6 Å². The smallest absolute Gasteiger partial charge is 0.129 e. The van der Waals surface area contributed by atoms with Crippen LogP contribution in [0.5, 0.6) is 0 Å². The van der Waals surface area contributed by atoms with Gasteiger partial charge in [0.15, 0.2) is 0 Å². The van der Waals surface area contributed by atoms with E-state index in [1.165, 1.54) is 12.1 Å². The van der Waals surface area contributed by atoms with Gasteiger partial charge in [-0.1, -0.05) is 6.42 Å². The number of carbonyl (C=O) groups excluding carboxylic acids is 1. The lowest BCUT2D eigenvalue weighted by atomic mass is 10.1. The monoisotopic (exact) mass is 339 g/mol. The molecule has 0 bridgehead atoms. The first-order valence-electron chi connectivity index (χ1n) is 8.60. The van der Waals surface area contributed by atoms with E-state index in [2.05, 4.69) is 15.3 Å². The second-order valence-electron chi connectivity index (χ2n) is 6.26. The number of anilines is 1. The Labute approximate surface area is 146 Å². The highest BCUT2D eigenvalue weighted by Crippen LogP contribution is 2.29. The van der Waals surface area contributed by atoms with Crippen LogP contribution in [0.15, 0.2) is 42.7 Å². The molecule has 2 heterocycles. The lowest BCUT2D eigenvalue weighted by molar-refractivity contribution is -0.117. The molecule has 0 aliphatic rings. The molecule has 2 N–H and O–H groups in total. The van der Waals surface area contributed by atoms with E-state index in [1.54, 1.807) is 13.0 Å². The number of H-pyrrole nitrogens is 1. The van der Waals surface area contributed by atoms with Gasteiger partial charge in [0.05, 0.1) is 0 Å². The SMILES string of the molecule is CC(=O)CCCCCNc1ccc(-c2c[nH]c3cc(F)ccc23)cn1. The first kappa shape index (κ1) is 17.1. The van der Waals surface area contributed by atoms with Gasteiger partial charge in [-0.25, -0.2) is 9.37 Å². The molecular weight excluding hydrogens is 317 g/mol. The Morgan fingerprint density at radius 2 is 2.08 bits per heavy atom. The van der Waals surface area contributed by atoms with Gasteiger partial charge in [-0.3, -0.25) is 0 Å². The number of aromatic amines is 1. The van der Waals surface area contributed by atoms with Gasteiger partial charge >= 0.3 is 0 Å². The highest BCUT2D eigenvalue weighted by molar-refractivity contribution is 5.95. The van der Waals surface area contributed by atoms with Crippen LogP contribution in [0.1, 0.15) is 32.6 Å². The van der Waals surface area contributed by atoms with Crippen LogP contribution in [0.4, 0.5) is 10.2 Å². The summed E-state index contributed by atoms with van der Waals surface area (Å²) in [7, 11) is 0. The van der Waals surface area contributed by atoms with E-state index < -0.39 is 0 Å². The molecule has 4 nitrogen and oxygen atoms in total. The maximum atomic E-state index is 13.3. The summed E-state index contributed by atoms with van der Waals surface area (Å²) in [5.41, 5.74) is 2.78. The summed E-state index contributed by atoms with van der Waals surface area (Å²) in [5, 5.41) is 4.28. The number of pyridine rings is 1. The van der Waals surface area contributed by atoms with Crippen molar-refractivity contribution < 1.29 is 9.18 Å². The van der Waals surface area contributed by atoms with E-state index in [0.29, 0.717) is 6.42 Å². The molecule has 0 saturated carbocycles. The van der Waals surface area contributed by atoms with E-state index in [-0.39, 0.29) is 11.6 Å². The fourth-order valence-corrected chi connectivity index (χ4v) is 2.89. The Balaban J connectivity index is 1.57. The number of halogens is 1. The molecule has 3 rings (SSSR count). The summed E-state index contributed by atoms with van der Waals surface area (Å²) in [6.07, 6.45) is 7.38. The van der Waals surface area contributed by atoms with Crippen molar-refractivity contribution in [3.8, 4) is 11.1 Å². The number of rotatable bonds is 8. The summed E-state index contributed by atoms with van der Waals surface area (Å²) in [6, 6.07) is 8.71. The summed E-state index contributed by atoms with van der Waals surface area (Å²) in [6.45, 7) is 2.48. The standard InChI is InChI=1S/C20H22FN3O/c1-14(25)5-3-2-4-10-22-20-9-6-15(12-24-20)18-13-23-19-11-16(21)7-8-17(18)19/h6-9,11-13,23H,2-5,10H2,1H3,(H,22,24). The number of nitrogens with zero attached hydrogens (tertiary/aromatic N) is 1. The summed E-state index contributed by atoms with van der Waals surface area (Å²) >= 11 is 0.